The first kappa shape index (κ1) is 21.0. The highest BCUT2D eigenvalue weighted by atomic mass is 32.2. The Bertz CT molecular complexity index is 1050. The number of hydrogen-bond donors (Lipinski definition) is 2. The summed E-state index contributed by atoms with van der Waals surface area (Å²) in [6.45, 7) is 0.138. The molecule has 1 aromatic carbocycles. The molecule has 1 aliphatic heterocycles. The Kier molecular flexibility index (Phi) is 5.95. The van der Waals surface area contributed by atoms with E-state index in [1.54, 1.807) is 0 Å². The van der Waals surface area contributed by atoms with Crippen LogP contribution < -0.4 is 10.9 Å². The number of thiophene rings is 1. The van der Waals surface area contributed by atoms with Crippen LogP contribution in [0.5, 0.6) is 0 Å². The molecule has 2 heterocycles. The van der Waals surface area contributed by atoms with Crippen molar-refractivity contribution in [3.63, 3.8) is 0 Å². The minimum absolute atomic E-state index is 0.138. The van der Waals surface area contributed by atoms with Crippen molar-refractivity contribution in [3.05, 3.63) is 56.8 Å². The molecule has 4 rings (SSSR count). The number of carbonyl (C=O) groups is 2. The second-order valence-electron chi connectivity index (χ2n) is 7.86. The van der Waals surface area contributed by atoms with Crippen molar-refractivity contribution in [2.75, 3.05) is 6.26 Å². The third-order valence-corrected chi connectivity index (χ3v) is 8.18. The Morgan fingerprint density at radius 2 is 1.77 bits per heavy atom. The molecule has 1 aromatic heterocycles. The van der Waals surface area contributed by atoms with E-state index in [4.69, 9.17) is 0 Å². The summed E-state index contributed by atoms with van der Waals surface area (Å²) in [5.74, 6) is -0.912. The zero-order chi connectivity index (χ0) is 21.3. The van der Waals surface area contributed by atoms with E-state index in [1.165, 1.54) is 32.5 Å². The fourth-order valence-electron chi connectivity index (χ4n) is 4.11. The number of aryl methyl sites for hydroxylation is 2. The van der Waals surface area contributed by atoms with Gasteiger partial charge in [0.2, 0.25) is 10.0 Å². The molecule has 2 aromatic rings. The fourth-order valence-corrected chi connectivity index (χ4v) is 6.27. The van der Waals surface area contributed by atoms with Gasteiger partial charge in [-0.05, 0) is 54.9 Å². The quantitative estimate of drug-likeness (QED) is 0.557. The molecule has 0 fully saturated rings. The van der Waals surface area contributed by atoms with Gasteiger partial charge in [0.1, 0.15) is 6.04 Å². The first-order valence-electron chi connectivity index (χ1n) is 10.1. The van der Waals surface area contributed by atoms with Crippen molar-refractivity contribution in [1.82, 2.24) is 15.2 Å². The van der Waals surface area contributed by atoms with E-state index in [1.807, 2.05) is 30.3 Å². The van der Waals surface area contributed by atoms with Gasteiger partial charge in [0.25, 0.3) is 11.8 Å². The van der Waals surface area contributed by atoms with E-state index in [2.05, 4.69) is 10.9 Å². The molecule has 0 spiro atoms. The maximum absolute atomic E-state index is 12.8. The smallest absolute Gasteiger partial charge is 0.271 e. The lowest BCUT2D eigenvalue weighted by Gasteiger charge is -2.33. The standard InChI is InChI=1S/C21H25N3O4S2/c1-30(27,28)24-13-16-9-6-5-7-14(16)11-17(24)20(25)22-23-21(26)19-12-15-8-3-2-4-10-18(15)29-19/h5-7,9,12,17H,2-4,8,10-11,13H2,1H3,(H,22,25)(H,23,26)/t17-/m0/s1. The van der Waals surface area contributed by atoms with Gasteiger partial charge in [-0.3, -0.25) is 20.4 Å². The van der Waals surface area contributed by atoms with E-state index < -0.39 is 22.0 Å². The summed E-state index contributed by atoms with van der Waals surface area (Å²) in [5, 5.41) is 0. The number of hydrogen-bond acceptors (Lipinski definition) is 5. The minimum atomic E-state index is -3.60. The van der Waals surface area contributed by atoms with Crippen molar-refractivity contribution in [1.29, 1.82) is 0 Å². The normalized spacial score (nSPS) is 19.3. The molecule has 0 saturated carbocycles. The number of nitrogens with one attached hydrogen (secondary N) is 2. The molecular weight excluding hydrogens is 422 g/mol. The molecular formula is C21H25N3O4S2. The minimum Gasteiger partial charge on any atom is -0.271 e. The van der Waals surface area contributed by atoms with Crippen LogP contribution in [0.15, 0.2) is 30.3 Å². The molecule has 1 atom stereocenters. The Hall–Kier alpha value is -2.23. The van der Waals surface area contributed by atoms with Gasteiger partial charge >= 0.3 is 0 Å². The number of sulfonamides is 1. The molecule has 0 saturated heterocycles. The third-order valence-electron chi connectivity index (χ3n) is 5.70. The lowest BCUT2D eigenvalue weighted by atomic mass is 9.95. The van der Waals surface area contributed by atoms with Gasteiger partial charge in [0.15, 0.2) is 0 Å². The number of fused-ring (bicyclic) bond motifs is 2. The van der Waals surface area contributed by atoms with Crippen LogP contribution in [0, 0.1) is 0 Å². The molecule has 0 radical (unpaired) electrons. The SMILES string of the molecule is CS(=O)(=O)N1Cc2ccccc2C[C@H]1C(=O)NNC(=O)c1cc2c(s1)CCCCC2. The number of benzene rings is 1. The summed E-state index contributed by atoms with van der Waals surface area (Å²) >= 11 is 1.47. The van der Waals surface area contributed by atoms with Gasteiger partial charge in [-0.1, -0.05) is 30.7 Å². The summed E-state index contributed by atoms with van der Waals surface area (Å²) in [5.41, 5.74) is 7.95. The van der Waals surface area contributed by atoms with E-state index in [-0.39, 0.29) is 18.9 Å². The molecule has 2 N–H and O–H groups in total. The van der Waals surface area contributed by atoms with Crippen molar-refractivity contribution >= 4 is 33.2 Å². The monoisotopic (exact) mass is 447 g/mol. The highest BCUT2D eigenvalue weighted by molar-refractivity contribution is 7.88. The summed E-state index contributed by atoms with van der Waals surface area (Å²) in [6, 6.07) is 8.48. The van der Waals surface area contributed by atoms with Crippen LogP contribution in [0.4, 0.5) is 0 Å². The number of rotatable bonds is 3. The molecule has 9 heteroatoms. The topological polar surface area (TPSA) is 95.6 Å². The predicted molar refractivity (Wildman–Crippen MR) is 116 cm³/mol. The van der Waals surface area contributed by atoms with Crippen LogP contribution in [0.3, 0.4) is 0 Å². The van der Waals surface area contributed by atoms with Gasteiger partial charge in [-0.15, -0.1) is 11.3 Å². The second kappa shape index (κ2) is 8.49. The van der Waals surface area contributed by atoms with Gasteiger partial charge in [-0.2, -0.15) is 4.31 Å². The molecule has 160 valence electrons. The van der Waals surface area contributed by atoms with Crippen LogP contribution in [-0.4, -0.2) is 36.8 Å². The van der Waals surface area contributed by atoms with E-state index in [0.29, 0.717) is 4.88 Å². The molecule has 2 amide bonds. The molecule has 30 heavy (non-hydrogen) atoms. The zero-order valence-electron chi connectivity index (χ0n) is 16.8. The van der Waals surface area contributed by atoms with E-state index in [9.17, 15) is 18.0 Å². The summed E-state index contributed by atoms with van der Waals surface area (Å²) in [4.78, 5) is 27.2. The van der Waals surface area contributed by atoms with Crippen molar-refractivity contribution in [2.24, 2.45) is 0 Å². The Morgan fingerprint density at radius 1 is 1.03 bits per heavy atom. The molecule has 2 aliphatic rings. The molecule has 7 nitrogen and oxygen atoms in total. The number of carbonyl (C=O) groups excluding carboxylic acids is 2. The number of nitrogens with zero attached hydrogens (tertiary/aromatic N) is 1. The van der Waals surface area contributed by atoms with E-state index in [0.717, 1.165) is 43.1 Å². The van der Waals surface area contributed by atoms with Crippen LogP contribution in [-0.2, 0) is 40.6 Å². The highest BCUT2D eigenvalue weighted by Gasteiger charge is 2.37. The Morgan fingerprint density at radius 3 is 2.53 bits per heavy atom. The molecule has 1 aliphatic carbocycles. The summed E-state index contributed by atoms with van der Waals surface area (Å²) in [6.07, 6.45) is 6.81. The first-order chi connectivity index (χ1) is 14.3. The molecule has 0 unspecified atom stereocenters. The van der Waals surface area contributed by atoms with Crippen molar-refractivity contribution < 1.29 is 18.0 Å². The van der Waals surface area contributed by atoms with Gasteiger partial charge in [0, 0.05) is 11.4 Å². The van der Waals surface area contributed by atoms with Gasteiger partial charge in [-0.25, -0.2) is 8.42 Å². The summed E-state index contributed by atoms with van der Waals surface area (Å²) in [7, 11) is -3.60. The average molecular weight is 448 g/mol. The molecule has 0 bridgehead atoms. The second-order valence-corrected chi connectivity index (χ2v) is 10.9. The maximum atomic E-state index is 12.8. The maximum Gasteiger partial charge on any atom is 0.279 e. The van der Waals surface area contributed by atoms with Crippen LogP contribution >= 0.6 is 11.3 Å². The van der Waals surface area contributed by atoms with Crippen molar-refractivity contribution in [2.45, 2.75) is 51.1 Å². The largest absolute Gasteiger partial charge is 0.279 e. The zero-order valence-corrected chi connectivity index (χ0v) is 18.4. The van der Waals surface area contributed by atoms with Gasteiger partial charge < -0.3 is 0 Å². The Labute approximate surface area is 180 Å². The van der Waals surface area contributed by atoms with Crippen LogP contribution in [0.1, 0.15) is 50.5 Å². The lowest BCUT2D eigenvalue weighted by molar-refractivity contribution is -0.126. The van der Waals surface area contributed by atoms with Gasteiger partial charge in [0.05, 0.1) is 11.1 Å². The summed E-state index contributed by atoms with van der Waals surface area (Å²) < 4.78 is 25.7. The number of hydrazine groups is 1. The van der Waals surface area contributed by atoms with Crippen LogP contribution in [0.25, 0.3) is 0 Å². The van der Waals surface area contributed by atoms with Crippen LogP contribution in [0.2, 0.25) is 0 Å². The first-order valence-corrected chi connectivity index (χ1v) is 12.7. The van der Waals surface area contributed by atoms with Crippen molar-refractivity contribution in [3.8, 4) is 0 Å². The third kappa shape index (κ3) is 4.43. The van der Waals surface area contributed by atoms with E-state index >= 15 is 0 Å². The Balaban J connectivity index is 1.45. The predicted octanol–water partition coefficient (Wildman–Crippen LogP) is 2.16. The average Bonchev–Trinajstić information content (AvgIpc) is 3.00. The lowest BCUT2D eigenvalue weighted by Crippen LogP contribution is -2.55. The number of amides is 2. The highest BCUT2D eigenvalue weighted by Crippen LogP contribution is 2.29. The fraction of sp³-hybridized carbons (Fsp3) is 0.429.